The van der Waals surface area contributed by atoms with Crippen molar-refractivity contribution in [2.45, 2.75) is 31.7 Å². The van der Waals surface area contributed by atoms with Crippen molar-refractivity contribution in [3.05, 3.63) is 0 Å². The molecule has 0 heterocycles. The van der Waals surface area contributed by atoms with Gasteiger partial charge in [-0.15, -0.1) is 11.6 Å². The fourth-order valence-corrected chi connectivity index (χ4v) is 1.32. The Morgan fingerprint density at radius 2 is 2.15 bits per heavy atom. The number of nitriles is 1. The quantitative estimate of drug-likeness (QED) is 0.685. The van der Waals surface area contributed by atoms with E-state index in [2.05, 4.69) is 0 Å². The molecule has 0 amide bonds. The van der Waals surface area contributed by atoms with Crippen LogP contribution in [0.4, 0.5) is 0 Å². The summed E-state index contributed by atoms with van der Waals surface area (Å²) in [7, 11) is 0. The summed E-state index contributed by atoms with van der Waals surface area (Å²) in [6.45, 7) is 7.28. The van der Waals surface area contributed by atoms with E-state index in [1.165, 1.54) is 0 Å². The second-order valence-electron chi connectivity index (χ2n) is 3.74. The third kappa shape index (κ3) is 6.83. The van der Waals surface area contributed by atoms with E-state index in [-0.39, 0.29) is 0 Å². The van der Waals surface area contributed by atoms with Gasteiger partial charge in [0.1, 0.15) is 5.38 Å². The van der Waals surface area contributed by atoms with Crippen LogP contribution >= 0.6 is 11.6 Å². The number of hydrogen-bond acceptors (Lipinski definition) is 3. The van der Waals surface area contributed by atoms with Crippen LogP contribution in [-0.4, -0.2) is 40.6 Å². The summed E-state index contributed by atoms with van der Waals surface area (Å²) in [6.07, 6.45) is 0. The molecule has 0 aromatic rings. The molecule has 1 atom stereocenters. The van der Waals surface area contributed by atoms with Gasteiger partial charge in [-0.2, -0.15) is 5.26 Å². The second kappa shape index (κ2) is 5.43. The molecule has 1 N–H and O–H groups in total. The van der Waals surface area contributed by atoms with Crippen LogP contribution in [0.3, 0.4) is 0 Å². The van der Waals surface area contributed by atoms with Gasteiger partial charge in [0, 0.05) is 13.1 Å². The Hall–Kier alpha value is -0.300. The van der Waals surface area contributed by atoms with Crippen molar-refractivity contribution in [3.63, 3.8) is 0 Å². The first-order valence-electron chi connectivity index (χ1n) is 4.37. The smallest absolute Gasteiger partial charge is 0.133 e. The zero-order valence-electron chi connectivity index (χ0n) is 8.42. The molecule has 0 rings (SSSR count). The van der Waals surface area contributed by atoms with Gasteiger partial charge in [0.2, 0.25) is 0 Å². The Labute approximate surface area is 84.9 Å². The lowest BCUT2D eigenvalue weighted by atomic mass is 10.1. The summed E-state index contributed by atoms with van der Waals surface area (Å²) in [5.41, 5.74) is -0.734. The Bertz CT molecular complexity index is 183. The van der Waals surface area contributed by atoms with E-state index >= 15 is 0 Å². The molecule has 0 saturated carbocycles. The van der Waals surface area contributed by atoms with Crippen LogP contribution in [0.15, 0.2) is 0 Å². The SMILES string of the molecule is CCN(CC(Cl)C#N)CC(C)(C)O. The summed E-state index contributed by atoms with van der Waals surface area (Å²) in [6, 6.07) is 1.96. The van der Waals surface area contributed by atoms with Gasteiger partial charge in [-0.1, -0.05) is 6.92 Å². The van der Waals surface area contributed by atoms with Crippen LogP contribution in [0.25, 0.3) is 0 Å². The van der Waals surface area contributed by atoms with E-state index in [1.54, 1.807) is 13.8 Å². The van der Waals surface area contributed by atoms with Crippen LogP contribution in [0.2, 0.25) is 0 Å². The van der Waals surface area contributed by atoms with Gasteiger partial charge in [0.05, 0.1) is 11.7 Å². The number of rotatable bonds is 5. The highest BCUT2D eigenvalue weighted by Crippen LogP contribution is 2.06. The molecule has 0 fully saturated rings. The fourth-order valence-electron chi connectivity index (χ4n) is 1.12. The van der Waals surface area contributed by atoms with E-state index < -0.39 is 11.0 Å². The molecule has 76 valence electrons. The molecule has 0 radical (unpaired) electrons. The van der Waals surface area contributed by atoms with Gasteiger partial charge in [0.15, 0.2) is 0 Å². The zero-order valence-corrected chi connectivity index (χ0v) is 9.17. The summed E-state index contributed by atoms with van der Waals surface area (Å²) in [5, 5.41) is 17.5. The van der Waals surface area contributed by atoms with Crippen molar-refractivity contribution in [2.75, 3.05) is 19.6 Å². The Balaban J connectivity index is 3.99. The van der Waals surface area contributed by atoms with Gasteiger partial charge in [-0.25, -0.2) is 0 Å². The maximum absolute atomic E-state index is 9.54. The number of hydrogen-bond donors (Lipinski definition) is 1. The highest BCUT2D eigenvalue weighted by Gasteiger charge is 2.18. The highest BCUT2D eigenvalue weighted by atomic mass is 35.5. The van der Waals surface area contributed by atoms with Crippen molar-refractivity contribution >= 4 is 11.6 Å². The molecule has 0 aliphatic heterocycles. The van der Waals surface area contributed by atoms with Gasteiger partial charge in [0.25, 0.3) is 0 Å². The predicted molar refractivity (Wildman–Crippen MR) is 53.7 cm³/mol. The first-order valence-corrected chi connectivity index (χ1v) is 4.81. The molecule has 0 aliphatic rings. The van der Waals surface area contributed by atoms with E-state index in [1.807, 2.05) is 17.9 Å². The summed E-state index contributed by atoms with van der Waals surface area (Å²) >= 11 is 5.68. The minimum Gasteiger partial charge on any atom is -0.389 e. The van der Waals surface area contributed by atoms with Gasteiger partial charge in [-0.05, 0) is 20.4 Å². The first kappa shape index (κ1) is 12.7. The lowest BCUT2D eigenvalue weighted by Gasteiger charge is -2.27. The van der Waals surface area contributed by atoms with Crippen molar-refractivity contribution < 1.29 is 5.11 Å². The maximum atomic E-state index is 9.54. The van der Waals surface area contributed by atoms with Crippen LogP contribution < -0.4 is 0 Å². The molecule has 0 aromatic carbocycles. The number of likely N-dealkylation sites (N-methyl/N-ethyl adjacent to an activating group) is 1. The molecule has 0 saturated heterocycles. The molecule has 0 aromatic heterocycles. The van der Waals surface area contributed by atoms with Crippen molar-refractivity contribution in [1.29, 1.82) is 5.26 Å². The van der Waals surface area contributed by atoms with Crippen LogP contribution in [0.1, 0.15) is 20.8 Å². The molecule has 0 spiro atoms. The van der Waals surface area contributed by atoms with Gasteiger partial charge in [-0.3, -0.25) is 4.90 Å². The summed E-state index contributed by atoms with van der Waals surface area (Å²) < 4.78 is 0. The minimum atomic E-state index is -0.734. The predicted octanol–water partition coefficient (Wildman–Crippen LogP) is 1.21. The van der Waals surface area contributed by atoms with E-state index in [0.29, 0.717) is 13.1 Å². The Morgan fingerprint density at radius 1 is 1.62 bits per heavy atom. The average Bonchev–Trinajstić information content (AvgIpc) is 2.00. The molecule has 4 heteroatoms. The molecule has 0 aliphatic carbocycles. The third-order valence-corrected chi connectivity index (χ3v) is 1.85. The van der Waals surface area contributed by atoms with Crippen LogP contribution in [0.5, 0.6) is 0 Å². The lowest BCUT2D eigenvalue weighted by Crippen LogP contribution is -2.41. The number of aliphatic hydroxyl groups is 1. The Morgan fingerprint density at radius 3 is 2.46 bits per heavy atom. The molecular weight excluding hydrogens is 188 g/mol. The maximum Gasteiger partial charge on any atom is 0.133 e. The van der Waals surface area contributed by atoms with Crippen LogP contribution in [0, 0.1) is 11.3 Å². The largest absolute Gasteiger partial charge is 0.389 e. The van der Waals surface area contributed by atoms with Gasteiger partial charge >= 0.3 is 0 Å². The first-order chi connectivity index (χ1) is 5.89. The highest BCUT2D eigenvalue weighted by molar-refractivity contribution is 6.22. The molecule has 3 nitrogen and oxygen atoms in total. The van der Waals surface area contributed by atoms with E-state index in [4.69, 9.17) is 16.9 Å². The number of halogens is 1. The molecule has 13 heavy (non-hydrogen) atoms. The molecular formula is C9H17ClN2O. The van der Waals surface area contributed by atoms with Crippen molar-refractivity contribution in [1.82, 2.24) is 4.90 Å². The van der Waals surface area contributed by atoms with E-state index in [0.717, 1.165) is 6.54 Å². The minimum absolute atomic E-state index is 0.498. The molecule has 1 unspecified atom stereocenters. The topological polar surface area (TPSA) is 47.3 Å². The summed E-state index contributed by atoms with van der Waals surface area (Å²) in [4.78, 5) is 1.96. The lowest BCUT2D eigenvalue weighted by molar-refractivity contribution is 0.0388. The van der Waals surface area contributed by atoms with Gasteiger partial charge < -0.3 is 5.11 Å². The van der Waals surface area contributed by atoms with Crippen molar-refractivity contribution in [2.24, 2.45) is 0 Å². The van der Waals surface area contributed by atoms with E-state index in [9.17, 15) is 5.11 Å². The number of nitrogens with zero attached hydrogens (tertiary/aromatic N) is 2. The summed E-state index contributed by atoms with van der Waals surface area (Å²) in [5.74, 6) is 0. The normalized spacial score (nSPS) is 14.2. The van der Waals surface area contributed by atoms with Crippen LogP contribution in [-0.2, 0) is 0 Å². The van der Waals surface area contributed by atoms with Crippen molar-refractivity contribution in [3.8, 4) is 6.07 Å². The third-order valence-electron chi connectivity index (χ3n) is 1.62. The standard InChI is InChI=1S/C9H17ClN2O/c1-4-12(6-8(10)5-11)7-9(2,3)13/h8,13H,4,6-7H2,1-3H3. The fraction of sp³-hybridized carbons (Fsp3) is 0.889. The second-order valence-corrected chi connectivity index (χ2v) is 4.26. The zero-order chi connectivity index (χ0) is 10.5. The average molecular weight is 205 g/mol. The molecule has 0 bridgehead atoms. The number of alkyl halides is 1. The Kier molecular flexibility index (Phi) is 5.31. The monoisotopic (exact) mass is 204 g/mol.